The average Bonchev–Trinajstić information content (AvgIpc) is 2.92. The summed E-state index contributed by atoms with van der Waals surface area (Å²) in [5.74, 6) is 0.0349. The molecule has 0 spiro atoms. The molecular weight excluding hydrogens is 434 g/mol. The van der Waals surface area contributed by atoms with Gasteiger partial charge in [0.2, 0.25) is 0 Å². The van der Waals surface area contributed by atoms with Gasteiger partial charge in [0.05, 0.1) is 20.5 Å². The zero-order valence-corrected chi connectivity index (χ0v) is 16.1. The SMILES string of the molecule is O=C(c1cc(Cl)sc1Cl)N1CCN(c2ncc(C(F)(F)F)cc2Cl)CC1. The lowest BCUT2D eigenvalue weighted by Gasteiger charge is -2.35. The molecule has 1 amide bonds. The van der Waals surface area contributed by atoms with Crippen molar-refractivity contribution < 1.29 is 18.0 Å². The lowest BCUT2D eigenvalue weighted by Crippen LogP contribution is -2.49. The Kier molecular flexibility index (Phi) is 5.58. The molecule has 3 rings (SSSR count). The van der Waals surface area contributed by atoms with Gasteiger partial charge in [0.1, 0.15) is 10.2 Å². The van der Waals surface area contributed by atoms with E-state index in [1.165, 1.54) is 6.07 Å². The van der Waals surface area contributed by atoms with Crippen LogP contribution in [0.2, 0.25) is 13.7 Å². The van der Waals surface area contributed by atoms with Crippen LogP contribution in [0.1, 0.15) is 15.9 Å². The van der Waals surface area contributed by atoms with E-state index >= 15 is 0 Å². The van der Waals surface area contributed by atoms with Crippen LogP contribution in [0.5, 0.6) is 0 Å². The van der Waals surface area contributed by atoms with Gasteiger partial charge in [-0.05, 0) is 12.1 Å². The summed E-state index contributed by atoms with van der Waals surface area (Å²) in [7, 11) is 0. The Hall–Kier alpha value is -1.22. The molecule has 140 valence electrons. The minimum Gasteiger partial charge on any atom is -0.352 e. The summed E-state index contributed by atoms with van der Waals surface area (Å²) in [6, 6.07) is 2.38. The number of pyridine rings is 1. The first-order chi connectivity index (χ1) is 12.2. The summed E-state index contributed by atoms with van der Waals surface area (Å²) < 4.78 is 38.9. The van der Waals surface area contributed by atoms with Gasteiger partial charge in [-0.2, -0.15) is 13.2 Å². The molecule has 0 saturated carbocycles. The predicted octanol–water partition coefficient (Wildman–Crippen LogP) is 5.08. The maximum Gasteiger partial charge on any atom is 0.417 e. The van der Waals surface area contributed by atoms with Crippen molar-refractivity contribution in [2.75, 3.05) is 31.1 Å². The van der Waals surface area contributed by atoms with Crippen molar-refractivity contribution in [3.05, 3.63) is 43.2 Å². The molecule has 1 aliphatic rings. The van der Waals surface area contributed by atoms with Crippen molar-refractivity contribution in [1.82, 2.24) is 9.88 Å². The summed E-state index contributed by atoms with van der Waals surface area (Å²) in [5, 5.41) is -0.0766. The third kappa shape index (κ3) is 4.03. The quantitative estimate of drug-likeness (QED) is 0.648. The topological polar surface area (TPSA) is 36.4 Å². The minimum atomic E-state index is -4.50. The second kappa shape index (κ2) is 7.42. The Morgan fingerprint density at radius 1 is 1.12 bits per heavy atom. The molecule has 1 fully saturated rings. The van der Waals surface area contributed by atoms with Gasteiger partial charge in [-0.15, -0.1) is 11.3 Å². The fourth-order valence-corrected chi connectivity index (χ4v) is 4.33. The van der Waals surface area contributed by atoms with Crippen molar-refractivity contribution >= 4 is 57.9 Å². The number of hydrogen-bond acceptors (Lipinski definition) is 4. The standard InChI is InChI=1S/C15H11Cl3F3N3OS/c16-10-5-8(15(19,20)21)7-22-13(10)23-1-3-24(4-2-23)14(25)9-6-11(17)26-12(9)18/h5-7H,1-4H2. The Balaban J connectivity index is 1.69. The zero-order valence-electron chi connectivity index (χ0n) is 13.0. The van der Waals surface area contributed by atoms with Crippen molar-refractivity contribution in [3.8, 4) is 0 Å². The summed E-state index contributed by atoms with van der Waals surface area (Å²) >= 11 is 19.0. The molecule has 1 aliphatic heterocycles. The molecule has 0 aromatic carbocycles. The number of nitrogens with zero attached hydrogens (tertiary/aromatic N) is 3. The highest BCUT2D eigenvalue weighted by molar-refractivity contribution is 7.20. The predicted molar refractivity (Wildman–Crippen MR) is 96.7 cm³/mol. The van der Waals surface area contributed by atoms with E-state index in [-0.39, 0.29) is 16.7 Å². The van der Waals surface area contributed by atoms with E-state index in [4.69, 9.17) is 34.8 Å². The Morgan fingerprint density at radius 2 is 1.77 bits per heavy atom. The monoisotopic (exact) mass is 443 g/mol. The van der Waals surface area contributed by atoms with Gasteiger partial charge in [0.15, 0.2) is 0 Å². The van der Waals surface area contributed by atoms with Crippen LogP contribution >= 0.6 is 46.1 Å². The molecule has 2 aromatic heterocycles. The van der Waals surface area contributed by atoms with E-state index < -0.39 is 11.7 Å². The van der Waals surface area contributed by atoms with Crippen LogP contribution in [0.3, 0.4) is 0 Å². The maximum absolute atomic E-state index is 12.7. The minimum absolute atomic E-state index is 0.0766. The molecule has 3 heterocycles. The van der Waals surface area contributed by atoms with Crippen molar-refractivity contribution in [1.29, 1.82) is 0 Å². The maximum atomic E-state index is 12.7. The molecule has 11 heteroatoms. The zero-order chi connectivity index (χ0) is 19.1. The molecular formula is C15H11Cl3F3N3OS. The van der Waals surface area contributed by atoms with E-state index in [0.29, 0.717) is 40.4 Å². The van der Waals surface area contributed by atoms with E-state index in [1.807, 2.05) is 0 Å². The molecule has 2 aromatic rings. The van der Waals surface area contributed by atoms with Crippen LogP contribution in [0, 0.1) is 0 Å². The highest BCUT2D eigenvalue weighted by Gasteiger charge is 2.32. The largest absolute Gasteiger partial charge is 0.417 e. The second-order valence-electron chi connectivity index (χ2n) is 5.54. The van der Waals surface area contributed by atoms with Crippen molar-refractivity contribution in [3.63, 3.8) is 0 Å². The van der Waals surface area contributed by atoms with Crippen LogP contribution < -0.4 is 4.90 Å². The molecule has 26 heavy (non-hydrogen) atoms. The van der Waals surface area contributed by atoms with Crippen molar-refractivity contribution in [2.45, 2.75) is 6.18 Å². The first-order valence-corrected chi connectivity index (χ1v) is 9.33. The highest BCUT2D eigenvalue weighted by Crippen LogP contribution is 2.34. The number of anilines is 1. The fraction of sp³-hybridized carbons (Fsp3) is 0.333. The van der Waals surface area contributed by atoms with Gasteiger partial charge in [0, 0.05) is 32.4 Å². The number of carbonyl (C=O) groups is 1. The van der Waals surface area contributed by atoms with Gasteiger partial charge in [-0.25, -0.2) is 4.98 Å². The van der Waals surface area contributed by atoms with E-state index in [9.17, 15) is 18.0 Å². The number of amides is 1. The first kappa shape index (κ1) is 19.5. The smallest absolute Gasteiger partial charge is 0.352 e. The Bertz CT molecular complexity index is 835. The molecule has 0 aliphatic carbocycles. The molecule has 0 radical (unpaired) electrons. The number of thiophene rings is 1. The molecule has 1 saturated heterocycles. The van der Waals surface area contributed by atoms with E-state index in [1.54, 1.807) is 9.80 Å². The molecule has 4 nitrogen and oxygen atoms in total. The lowest BCUT2D eigenvalue weighted by atomic mass is 10.2. The highest BCUT2D eigenvalue weighted by atomic mass is 35.5. The summed E-state index contributed by atoms with van der Waals surface area (Å²) in [4.78, 5) is 19.7. The lowest BCUT2D eigenvalue weighted by molar-refractivity contribution is -0.137. The second-order valence-corrected chi connectivity index (χ2v) is 8.24. The van der Waals surface area contributed by atoms with Gasteiger partial charge in [-0.1, -0.05) is 34.8 Å². The van der Waals surface area contributed by atoms with E-state index in [0.717, 1.165) is 23.6 Å². The number of halogens is 6. The molecule has 0 bridgehead atoms. The Morgan fingerprint density at radius 3 is 2.27 bits per heavy atom. The van der Waals surface area contributed by atoms with Gasteiger partial charge < -0.3 is 9.80 Å². The third-order valence-electron chi connectivity index (χ3n) is 3.90. The number of carbonyl (C=O) groups excluding carboxylic acids is 1. The van der Waals surface area contributed by atoms with Gasteiger partial charge >= 0.3 is 6.18 Å². The van der Waals surface area contributed by atoms with Crippen LogP contribution in [0.4, 0.5) is 19.0 Å². The average molecular weight is 445 g/mol. The number of rotatable bonds is 2. The fourth-order valence-electron chi connectivity index (χ4n) is 2.60. The Labute approximate surface area is 166 Å². The van der Waals surface area contributed by atoms with Crippen LogP contribution in [-0.4, -0.2) is 42.0 Å². The summed E-state index contributed by atoms with van der Waals surface area (Å²) in [6.07, 6.45) is -3.74. The van der Waals surface area contributed by atoms with Gasteiger partial charge in [-0.3, -0.25) is 4.79 Å². The summed E-state index contributed by atoms with van der Waals surface area (Å²) in [5.41, 5.74) is -0.551. The third-order valence-corrected chi connectivity index (χ3v) is 5.67. The molecule has 0 unspecified atom stereocenters. The molecule has 0 atom stereocenters. The molecule has 0 N–H and O–H groups in total. The van der Waals surface area contributed by atoms with Crippen LogP contribution in [0.25, 0.3) is 0 Å². The first-order valence-electron chi connectivity index (χ1n) is 7.38. The number of aromatic nitrogens is 1. The van der Waals surface area contributed by atoms with Crippen LogP contribution in [-0.2, 0) is 6.18 Å². The normalized spacial score (nSPS) is 15.5. The van der Waals surface area contributed by atoms with Crippen molar-refractivity contribution in [2.24, 2.45) is 0 Å². The number of hydrogen-bond donors (Lipinski definition) is 0. The van der Waals surface area contributed by atoms with Gasteiger partial charge in [0.25, 0.3) is 5.91 Å². The number of alkyl halides is 3. The van der Waals surface area contributed by atoms with E-state index in [2.05, 4.69) is 4.98 Å². The summed E-state index contributed by atoms with van der Waals surface area (Å²) in [6.45, 7) is 1.50. The number of piperazine rings is 1. The van der Waals surface area contributed by atoms with Crippen LogP contribution in [0.15, 0.2) is 18.3 Å².